The first-order chi connectivity index (χ1) is 10.0. The van der Waals surface area contributed by atoms with Crippen molar-refractivity contribution in [1.29, 1.82) is 0 Å². The standard InChI is InChI=1S/C16H19BrN2O2/c1-3-14-15(20)18-13(9-12-7-5-4-6-8-12)16(21)19(14)10-11(2)17/h4-8,13-14H,2-3,9-10H2,1H3,(H,18,20). The molecule has 2 rings (SSSR count). The zero-order valence-electron chi connectivity index (χ0n) is 12.0. The van der Waals surface area contributed by atoms with Crippen LogP contribution in [0.3, 0.4) is 0 Å². The molecule has 2 amide bonds. The van der Waals surface area contributed by atoms with Crippen LogP contribution in [0, 0.1) is 0 Å². The second-order valence-corrected chi connectivity index (χ2v) is 6.28. The quantitative estimate of drug-likeness (QED) is 0.885. The van der Waals surface area contributed by atoms with Gasteiger partial charge in [-0.05, 0) is 12.0 Å². The smallest absolute Gasteiger partial charge is 0.246 e. The van der Waals surface area contributed by atoms with Crippen molar-refractivity contribution in [1.82, 2.24) is 10.2 Å². The Morgan fingerprint density at radius 2 is 2.00 bits per heavy atom. The molecule has 0 saturated carbocycles. The third kappa shape index (κ3) is 3.73. The van der Waals surface area contributed by atoms with Crippen LogP contribution >= 0.6 is 15.9 Å². The van der Waals surface area contributed by atoms with Gasteiger partial charge >= 0.3 is 0 Å². The summed E-state index contributed by atoms with van der Waals surface area (Å²) >= 11 is 3.28. The average Bonchev–Trinajstić information content (AvgIpc) is 2.45. The molecule has 1 aromatic carbocycles. The van der Waals surface area contributed by atoms with E-state index in [9.17, 15) is 9.59 Å². The highest BCUT2D eigenvalue weighted by atomic mass is 79.9. The number of carbonyl (C=O) groups is 2. The number of nitrogens with one attached hydrogen (secondary N) is 1. The zero-order valence-corrected chi connectivity index (χ0v) is 13.6. The lowest BCUT2D eigenvalue weighted by Gasteiger charge is -2.38. The van der Waals surface area contributed by atoms with Crippen LogP contribution in [-0.2, 0) is 16.0 Å². The van der Waals surface area contributed by atoms with E-state index in [1.54, 1.807) is 4.90 Å². The second-order valence-electron chi connectivity index (χ2n) is 5.16. The minimum atomic E-state index is -0.505. The first kappa shape index (κ1) is 15.8. The minimum Gasteiger partial charge on any atom is -0.342 e. The molecule has 21 heavy (non-hydrogen) atoms. The summed E-state index contributed by atoms with van der Waals surface area (Å²) in [6, 6.07) is 8.78. The molecule has 0 spiro atoms. The number of benzene rings is 1. The molecular formula is C16H19BrN2O2. The number of carbonyl (C=O) groups excluding carboxylic acids is 2. The molecule has 0 bridgehead atoms. The lowest BCUT2D eigenvalue weighted by molar-refractivity contribution is -0.148. The van der Waals surface area contributed by atoms with Gasteiger partial charge in [-0.3, -0.25) is 9.59 Å². The van der Waals surface area contributed by atoms with E-state index >= 15 is 0 Å². The van der Waals surface area contributed by atoms with Gasteiger partial charge in [0.05, 0.1) is 6.54 Å². The second kappa shape index (κ2) is 6.89. The fraction of sp³-hybridized carbons (Fsp3) is 0.375. The maximum atomic E-state index is 12.6. The van der Waals surface area contributed by atoms with Gasteiger partial charge in [-0.25, -0.2) is 0 Å². The molecule has 1 aromatic rings. The van der Waals surface area contributed by atoms with E-state index < -0.39 is 12.1 Å². The van der Waals surface area contributed by atoms with Crippen molar-refractivity contribution in [2.75, 3.05) is 6.54 Å². The van der Waals surface area contributed by atoms with E-state index in [2.05, 4.69) is 27.8 Å². The van der Waals surface area contributed by atoms with E-state index in [4.69, 9.17) is 0 Å². The number of nitrogens with zero attached hydrogens (tertiary/aromatic N) is 1. The SMILES string of the molecule is C=C(Br)CN1C(=O)C(Cc2ccccc2)NC(=O)C1CC. The van der Waals surface area contributed by atoms with Crippen molar-refractivity contribution in [2.24, 2.45) is 0 Å². The molecule has 2 unspecified atom stereocenters. The van der Waals surface area contributed by atoms with Gasteiger partial charge in [0.1, 0.15) is 12.1 Å². The summed E-state index contributed by atoms with van der Waals surface area (Å²) in [7, 11) is 0. The molecule has 5 heteroatoms. The van der Waals surface area contributed by atoms with Crippen LogP contribution < -0.4 is 5.32 Å². The van der Waals surface area contributed by atoms with E-state index in [1.165, 1.54) is 0 Å². The first-order valence-electron chi connectivity index (χ1n) is 7.01. The van der Waals surface area contributed by atoms with Crippen LogP contribution in [-0.4, -0.2) is 35.3 Å². The monoisotopic (exact) mass is 350 g/mol. The molecule has 1 aliphatic heterocycles. The maximum absolute atomic E-state index is 12.6. The summed E-state index contributed by atoms with van der Waals surface area (Å²) in [4.78, 5) is 26.5. The number of amides is 2. The Balaban J connectivity index is 2.18. The van der Waals surface area contributed by atoms with Crippen molar-refractivity contribution in [3.63, 3.8) is 0 Å². The van der Waals surface area contributed by atoms with Crippen LogP contribution in [0.15, 0.2) is 41.4 Å². The number of hydrogen-bond acceptors (Lipinski definition) is 2. The Bertz CT molecular complexity index is 544. The van der Waals surface area contributed by atoms with Crippen molar-refractivity contribution in [3.05, 3.63) is 47.0 Å². The highest BCUT2D eigenvalue weighted by Crippen LogP contribution is 2.18. The third-order valence-electron chi connectivity index (χ3n) is 3.59. The van der Waals surface area contributed by atoms with Crippen molar-refractivity contribution < 1.29 is 9.59 Å². The number of hydrogen-bond donors (Lipinski definition) is 1. The van der Waals surface area contributed by atoms with Gasteiger partial charge in [0.25, 0.3) is 0 Å². The summed E-state index contributed by atoms with van der Waals surface area (Å²) in [6.07, 6.45) is 1.10. The summed E-state index contributed by atoms with van der Waals surface area (Å²) in [6.45, 7) is 6.04. The molecule has 1 saturated heterocycles. The van der Waals surface area contributed by atoms with E-state index in [-0.39, 0.29) is 11.8 Å². The third-order valence-corrected chi connectivity index (χ3v) is 3.84. The molecule has 2 atom stereocenters. The molecule has 0 radical (unpaired) electrons. The van der Waals surface area contributed by atoms with Gasteiger partial charge in [0, 0.05) is 10.9 Å². The zero-order chi connectivity index (χ0) is 15.4. The molecular weight excluding hydrogens is 332 g/mol. The highest BCUT2D eigenvalue weighted by Gasteiger charge is 2.39. The van der Waals surface area contributed by atoms with Gasteiger partial charge in [-0.1, -0.05) is 59.8 Å². The lowest BCUT2D eigenvalue weighted by Crippen LogP contribution is -2.63. The molecule has 1 fully saturated rings. The number of piperazine rings is 1. The lowest BCUT2D eigenvalue weighted by atomic mass is 9.99. The Labute approximate surface area is 133 Å². The number of rotatable bonds is 5. The fourth-order valence-corrected chi connectivity index (χ4v) is 2.86. The van der Waals surface area contributed by atoms with Gasteiger partial charge < -0.3 is 10.2 Å². The summed E-state index contributed by atoms with van der Waals surface area (Å²) in [5, 5.41) is 2.84. The minimum absolute atomic E-state index is 0.0501. The van der Waals surface area contributed by atoms with E-state index in [1.807, 2.05) is 37.3 Å². The van der Waals surface area contributed by atoms with Crippen LogP contribution in [0.1, 0.15) is 18.9 Å². The predicted molar refractivity (Wildman–Crippen MR) is 85.9 cm³/mol. The molecule has 1 aliphatic rings. The first-order valence-corrected chi connectivity index (χ1v) is 7.80. The number of halogens is 1. The van der Waals surface area contributed by atoms with Gasteiger partial charge in [0.15, 0.2) is 0 Å². The van der Waals surface area contributed by atoms with Crippen molar-refractivity contribution in [3.8, 4) is 0 Å². The molecule has 112 valence electrons. The Kier molecular flexibility index (Phi) is 5.17. The average molecular weight is 351 g/mol. The summed E-state index contributed by atoms with van der Waals surface area (Å²) in [5.74, 6) is -0.141. The highest BCUT2D eigenvalue weighted by molar-refractivity contribution is 9.11. The molecule has 4 nitrogen and oxygen atoms in total. The van der Waals surface area contributed by atoms with E-state index in [0.717, 1.165) is 5.56 Å². The van der Waals surface area contributed by atoms with Crippen LogP contribution in [0.25, 0.3) is 0 Å². The van der Waals surface area contributed by atoms with Crippen molar-refractivity contribution in [2.45, 2.75) is 31.8 Å². The van der Waals surface area contributed by atoms with Gasteiger partial charge in [0.2, 0.25) is 11.8 Å². The Morgan fingerprint density at radius 3 is 2.57 bits per heavy atom. The normalized spacial score (nSPS) is 22.1. The van der Waals surface area contributed by atoms with Crippen LogP contribution in [0.4, 0.5) is 0 Å². The van der Waals surface area contributed by atoms with Gasteiger partial charge in [-0.15, -0.1) is 0 Å². The largest absolute Gasteiger partial charge is 0.342 e. The summed E-state index contributed by atoms with van der Waals surface area (Å²) < 4.78 is 0.697. The topological polar surface area (TPSA) is 49.4 Å². The molecule has 0 aliphatic carbocycles. The fourth-order valence-electron chi connectivity index (χ4n) is 2.59. The van der Waals surface area contributed by atoms with Crippen LogP contribution in [0.5, 0.6) is 0 Å². The van der Waals surface area contributed by atoms with Crippen molar-refractivity contribution >= 4 is 27.7 Å². The molecule has 0 aromatic heterocycles. The molecule has 1 heterocycles. The maximum Gasteiger partial charge on any atom is 0.246 e. The summed E-state index contributed by atoms with van der Waals surface area (Å²) in [5.41, 5.74) is 1.03. The Morgan fingerprint density at radius 1 is 1.33 bits per heavy atom. The van der Waals surface area contributed by atoms with Crippen LogP contribution in [0.2, 0.25) is 0 Å². The Hall–Kier alpha value is -1.62. The predicted octanol–water partition coefficient (Wildman–Crippen LogP) is 2.24. The van der Waals surface area contributed by atoms with E-state index in [0.29, 0.717) is 23.9 Å². The molecule has 1 N–H and O–H groups in total. The van der Waals surface area contributed by atoms with Gasteiger partial charge in [-0.2, -0.15) is 0 Å².